The van der Waals surface area contributed by atoms with E-state index >= 15 is 0 Å². The number of ether oxygens (including phenoxy) is 3. The van der Waals surface area contributed by atoms with Crippen LogP contribution in [0.15, 0.2) is 30.3 Å². The fraction of sp³-hybridized carbons (Fsp3) is 0.267. The van der Waals surface area contributed by atoms with Crippen LogP contribution in [-0.2, 0) is 6.54 Å². The number of hydrogen-bond donors (Lipinski definition) is 1. The highest BCUT2D eigenvalue weighted by atomic mass is 16.7. The molecule has 0 aliphatic carbocycles. The molecule has 1 aromatic heterocycles. The lowest BCUT2D eigenvalue weighted by Gasteiger charge is -2.09. The third kappa shape index (κ3) is 2.61. The van der Waals surface area contributed by atoms with Crippen LogP contribution in [0.5, 0.6) is 17.2 Å². The Bertz CT molecular complexity index is 629. The van der Waals surface area contributed by atoms with Gasteiger partial charge in [-0.25, -0.2) is 0 Å². The van der Waals surface area contributed by atoms with Gasteiger partial charge in [0.05, 0.1) is 19.3 Å². The summed E-state index contributed by atoms with van der Waals surface area (Å²) >= 11 is 0. The number of fused-ring (bicyclic) bond motifs is 1. The zero-order valence-electron chi connectivity index (χ0n) is 11.5. The molecule has 1 N–H and O–H groups in total. The predicted octanol–water partition coefficient (Wildman–Crippen LogP) is 2.74. The van der Waals surface area contributed by atoms with E-state index in [2.05, 4.69) is 10.3 Å². The highest BCUT2D eigenvalue weighted by molar-refractivity contribution is 5.55. The van der Waals surface area contributed by atoms with Gasteiger partial charge in [0.25, 0.3) is 0 Å². The van der Waals surface area contributed by atoms with E-state index in [9.17, 15) is 0 Å². The summed E-state index contributed by atoms with van der Waals surface area (Å²) in [4.78, 5) is 4.47. The Morgan fingerprint density at radius 2 is 2.05 bits per heavy atom. The average molecular weight is 272 g/mol. The van der Waals surface area contributed by atoms with Gasteiger partial charge in [-0.05, 0) is 19.1 Å². The molecule has 0 radical (unpaired) electrons. The maximum atomic E-state index is 5.35. The molecule has 3 rings (SSSR count). The predicted molar refractivity (Wildman–Crippen MR) is 75.4 cm³/mol. The van der Waals surface area contributed by atoms with Crippen molar-refractivity contribution in [3.8, 4) is 17.2 Å². The third-order valence-electron chi connectivity index (χ3n) is 3.06. The average Bonchev–Trinajstić information content (AvgIpc) is 2.92. The first-order valence-corrected chi connectivity index (χ1v) is 6.40. The Labute approximate surface area is 117 Å². The van der Waals surface area contributed by atoms with E-state index in [0.29, 0.717) is 6.54 Å². The smallest absolute Gasteiger partial charge is 0.231 e. The summed E-state index contributed by atoms with van der Waals surface area (Å²) in [6.45, 7) is 2.86. The van der Waals surface area contributed by atoms with E-state index in [4.69, 9.17) is 14.2 Å². The number of pyridine rings is 1. The van der Waals surface area contributed by atoms with Crippen LogP contribution < -0.4 is 19.5 Å². The fourth-order valence-corrected chi connectivity index (χ4v) is 2.11. The van der Waals surface area contributed by atoms with E-state index in [1.165, 1.54) is 0 Å². The second-order valence-corrected chi connectivity index (χ2v) is 4.56. The molecule has 0 bridgehead atoms. The molecule has 20 heavy (non-hydrogen) atoms. The van der Waals surface area contributed by atoms with E-state index < -0.39 is 0 Å². The molecule has 0 saturated heterocycles. The summed E-state index contributed by atoms with van der Waals surface area (Å²) in [5.41, 5.74) is 2.84. The molecule has 0 amide bonds. The minimum Gasteiger partial charge on any atom is -0.497 e. The van der Waals surface area contributed by atoms with Crippen molar-refractivity contribution in [2.24, 2.45) is 0 Å². The Morgan fingerprint density at radius 3 is 2.90 bits per heavy atom. The lowest BCUT2D eigenvalue weighted by molar-refractivity contribution is 0.174. The van der Waals surface area contributed by atoms with Gasteiger partial charge in [0.1, 0.15) is 5.75 Å². The van der Waals surface area contributed by atoms with Gasteiger partial charge < -0.3 is 19.5 Å². The normalized spacial score (nSPS) is 12.3. The Balaban J connectivity index is 1.71. The highest BCUT2D eigenvalue weighted by Crippen LogP contribution is 2.34. The summed E-state index contributed by atoms with van der Waals surface area (Å²) in [6, 6.07) is 9.61. The molecule has 0 unspecified atom stereocenters. The van der Waals surface area contributed by atoms with Crippen LogP contribution in [0.4, 0.5) is 5.69 Å². The molecule has 2 aromatic rings. The molecular formula is C15H16N2O3. The minimum absolute atomic E-state index is 0.287. The topological polar surface area (TPSA) is 52.6 Å². The molecule has 2 heterocycles. The molecule has 0 fully saturated rings. The van der Waals surface area contributed by atoms with Gasteiger partial charge >= 0.3 is 0 Å². The summed E-state index contributed by atoms with van der Waals surface area (Å²) in [7, 11) is 1.66. The molecule has 0 spiro atoms. The van der Waals surface area contributed by atoms with Gasteiger partial charge in [-0.2, -0.15) is 0 Å². The van der Waals surface area contributed by atoms with E-state index in [1.54, 1.807) is 7.11 Å². The number of nitrogens with one attached hydrogen (secondary N) is 1. The first kappa shape index (κ1) is 12.6. The standard InChI is InChI=1S/C15H16N2O3/c1-10-5-13(18-2)6-12(17-10)8-16-11-3-4-14-15(7-11)20-9-19-14/h3-7,16H,8-9H2,1-2H3. The number of aromatic nitrogens is 1. The van der Waals surface area contributed by atoms with Crippen molar-refractivity contribution in [2.45, 2.75) is 13.5 Å². The highest BCUT2D eigenvalue weighted by Gasteiger charge is 2.13. The zero-order chi connectivity index (χ0) is 13.9. The zero-order valence-corrected chi connectivity index (χ0v) is 11.5. The van der Waals surface area contributed by atoms with Gasteiger partial charge in [-0.3, -0.25) is 4.98 Å². The monoisotopic (exact) mass is 272 g/mol. The van der Waals surface area contributed by atoms with Gasteiger partial charge in [-0.15, -0.1) is 0 Å². The fourth-order valence-electron chi connectivity index (χ4n) is 2.11. The van der Waals surface area contributed by atoms with E-state index in [1.807, 2.05) is 37.3 Å². The quantitative estimate of drug-likeness (QED) is 0.927. The third-order valence-corrected chi connectivity index (χ3v) is 3.06. The molecule has 5 heteroatoms. The van der Waals surface area contributed by atoms with Crippen LogP contribution in [0.3, 0.4) is 0 Å². The van der Waals surface area contributed by atoms with Gasteiger partial charge in [-0.1, -0.05) is 0 Å². The molecule has 1 aromatic carbocycles. The summed E-state index contributed by atoms with van der Waals surface area (Å²) in [5, 5.41) is 3.32. The molecule has 5 nitrogen and oxygen atoms in total. The van der Waals surface area contributed by atoms with Gasteiger partial charge in [0, 0.05) is 29.6 Å². The maximum Gasteiger partial charge on any atom is 0.231 e. The molecule has 0 atom stereocenters. The number of anilines is 1. The van der Waals surface area contributed by atoms with Crippen LogP contribution in [-0.4, -0.2) is 18.9 Å². The molecule has 0 saturated carbocycles. The first-order chi connectivity index (χ1) is 9.74. The van der Waals surface area contributed by atoms with Crippen molar-refractivity contribution in [1.82, 2.24) is 4.98 Å². The number of rotatable bonds is 4. The largest absolute Gasteiger partial charge is 0.497 e. The van der Waals surface area contributed by atoms with Crippen LogP contribution in [0.25, 0.3) is 0 Å². The number of benzene rings is 1. The van der Waals surface area contributed by atoms with Crippen molar-refractivity contribution in [3.05, 3.63) is 41.7 Å². The van der Waals surface area contributed by atoms with Crippen molar-refractivity contribution in [3.63, 3.8) is 0 Å². The summed E-state index contributed by atoms with van der Waals surface area (Å²) < 4.78 is 15.9. The Hall–Kier alpha value is -2.43. The number of methoxy groups -OCH3 is 1. The Kier molecular flexibility index (Phi) is 3.33. The molecular weight excluding hydrogens is 256 g/mol. The summed E-state index contributed by atoms with van der Waals surface area (Å²) in [6.07, 6.45) is 0. The van der Waals surface area contributed by atoms with Crippen molar-refractivity contribution >= 4 is 5.69 Å². The Morgan fingerprint density at radius 1 is 1.20 bits per heavy atom. The molecule has 1 aliphatic rings. The van der Waals surface area contributed by atoms with Crippen molar-refractivity contribution in [1.29, 1.82) is 0 Å². The second kappa shape index (κ2) is 5.28. The minimum atomic E-state index is 0.287. The number of hydrogen-bond acceptors (Lipinski definition) is 5. The number of aryl methyl sites for hydroxylation is 1. The molecule has 104 valence electrons. The first-order valence-electron chi connectivity index (χ1n) is 6.40. The van der Waals surface area contributed by atoms with E-state index in [-0.39, 0.29) is 6.79 Å². The summed E-state index contributed by atoms with van der Waals surface area (Å²) in [5.74, 6) is 2.37. The maximum absolute atomic E-state index is 5.35. The molecule has 1 aliphatic heterocycles. The van der Waals surface area contributed by atoms with Crippen LogP contribution >= 0.6 is 0 Å². The van der Waals surface area contributed by atoms with Gasteiger partial charge in [0.2, 0.25) is 6.79 Å². The lowest BCUT2D eigenvalue weighted by atomic mass is 10.2. The SMILES string of the molecule is COc1cc(C)nc(CNc2ccc3c(c2)OCO3)c1. The van der Waals surface area contributed by atoms with Crippen molar-refractivity contribution in [2.75, 3.05) is 19.2 Å². The second-order valence-electron chi connectivity index (χ2n) is 4.56. The van der Waals surface area contributed by atoms with Crippen LogP contribution in [0.2, 0.25) is 0 Å². The van der Waals surface area contributed by atoms with Crippen LogP contribution in [0, 0.1) is 6.92 Å². The number of nitrogens with zero attached hydrogens (tertiary/aromatic N) is 1. The van der Waals surface area contributed by atoms with Gasteiger partial charge in [0.15, 0.2) is 11.5 Å². The van der Waals surface area contributed by atoms with E-state index in [0.717, 1.165) is 34.3 Å². The van der Waals surface area contributed by atoms with Crippen molar-refractivity contribution < 1.29 is 14.2 Å². The van der Waals surface area contributed by atoms with Crippen LogP contribution in [0.1, 0.15) is 11.4 Å². The lowest BCUT2D eigenvalue weighted by Crippen LogP contribution is -2.03.